The maximum absolute atomic E-state index is 14.3. The van der Waals surface area contributed by atoms with Crippen molar-refractivity contribution in [2.75, 3.05) is 7.11 Å². The minimum atomic E-state index is -0.161. The standard InChI is InChI=1S/C27H27FO2/c1-18-3-5-19(6-4-18)7-8-23-15-25(28)16-24-10-9-22(27(23)24)12-20-11-21(17-29)14-26(13-20)30-2/h3-6,9,11,13-16,29H,7-8,10,12,17H2,1-2H3. The van der Waals surface area contributed by atoms with Gasteiger partial charge in [0.05, 0.1) is 13.7 Å². The van der Waals surface area contributed by atoms with Gasteiger partial charge in [-0.3, -0.25) is 0 Å². The predicted octanol–water partition coefficient (Wildman–Crippen LogP) is 5.60. The van der Waals surface area contributed by atoms with Crippen molar-refractivity contribution in [3.05, 3.63) is 105 Å². The Morgan fingerprint density at radius 2 is 1.70 bits per heavy atom. The monoisotopic (exact) mass is 402 g/mol. The average Bonchev–Trinajstić information content (AvgIpc) is 3.15. The van der Waals surface area contributed by atoms with Crippen molar-refractivity contribution in [1.82, 2.24) is 0 Å². The molecule has 0 fully saturated rings. The Morgan fingerprint density at radius 1 is 0.933 bits per heavy atom. The molecule has 0 atom stereocenters. The van der Waals surface area contributed by atoms with Crippen LogP contribution in [0.5, 0.6) is 5.75 Å². The lowest BCUT2D eigenvalue weighted by Gasteiger charge is -2.15. The van der Waals surface area contributed by atoms with Crippen molar-refractivity contribution >= 4 is 5.57 Å². The van der Waals surface area contributed by atoms with E-state index in [2.05, 4.69) is 37.3 Å². The summed E-state index contributed by atoms with van der Waals surface area (Å²) in [7, 11) is 1.64. The van der Waals surface area contributed by atoms with Crippen molar-refractivity contribution < 1.29 is 14.2 Å². The quantitative estimate of drug-likeness (QED) is 0.557. The molecule has 0 aliphatic heterocycles. The second-order valence-corrected chi connectivity index (χ2v) is 8.04. The summed E-state index contributed by atoms with van der Waals surface area (Å²) in [5.41, 5.74) is 8.98. The first kappa shape index (κ1) is 20.4. The fourth-order valence-corrected chi connectivity index (χ4v) is 4.28. The molecule has 1 aliphatic carbocycles. The van der Waals surface area contributed by atoms with Crippen molar-refractivity contribution in [3.8, 4) is 5.75 Å². The number of hydrogen-bond donors (Lipinski definition) is 1. The third-order valence-corrected chi connectivity index (χ3v) is 5.80. The Kier molecular flexibility index (Phi) is 6.01. The molecule has 4 rings (SSSR count). The van der Waals surface area contributed by atoms with Crippen LogP contribution in [-0.4, -0.2) is 12.2 Å². The van der Waals surface area contributed by atoms with E-state index in [1.807, 2.05) is 18.2 Å². The summed E-state index contributed by atoms with van der Waals surface area (Å²) in [4.78, 5) is 0. The Labute approximate surface area is 177 Å². The molecule has 0 unspecified atom stereocenters. The second-order valence-electron chi connectivity index (χ2n) is 8.04. The van der Waals surface area contributed by atoms with Gasteiger partial charge in [-0.25, -0.2) is 4.39 Å². The Bertz CT molecular complexity index is 1060. The van der Waals surface area contributed by atoms with Gasteiger partial charge in [0.1, 0.15) is 11.6 Å². The fourth-order valence-electron chi connectivity index (χ4n) is 4.28. The lowest BCUT2D eigenvalue weighted by molar-refractivity contribution is 0.281. The lowest BCUT2D eigenvalue weighted by Crippen LogP contribution is -2.01. The summed E-state index contributed by atoms with van der Waals surface area (Å²) in [6.45, 7) is 2.06. The van der Waals surface area contributed by atoms with E-state index in [0.29, 0.717) is 0 Å². The zero-order valence-electron chi connectivity index (χ0n) is 17.5. The molecule has 3 aromatic rings. The molecule has 0 saturated carbocycles. The summed E-state index contributed by atoms with van der Waals surface area (Å²) < 4.78 is 19.7. The van der Waals surface area contributed by atoms with Crippen LogP contribution in [0.4, 0.5) is 4.39 Å². The van der Waals surface area contributed by atoms with E-state index in [4.69, 9.17) is 4.74 Å². The summed E-state index contributed by atoms with van der Waals surface area (Å²) in [6.07, 6.45) is 5.40. The molecule has 3 aromatic carbocycles. The van der Waals surface area contributed by atoms with Crippen molar-refractivity contribution in [2.24, 2.45) is 0 Å². The second kappa shape index (κ2) is 8.85. The fraction of sp³-hybridized carbons (Fsp3) is 0.259. The lowest BCUT2D eigenvalue weighted by atomic mass is 9.91. The molecule has 0 amide bonds. The first-order chi connectivity index (χ1) is 14.6. The first-order valence-electron chi connectivity index (χ1n) is 10.4. The Balaban J connectivity index is 1.61. The number of methoxy groups -OCH3 is 1. The van der Waals surface area contributed by atoms with Crippen molar-refractivity contribution in [1.29, 1.82) is 0 Å². The maximum Gasteiger partial charge on any atom is 0.123 e. The zero-order chi connectivity index (χ0) is 21.1. The van der Waals surface area contributed by atoms with E-state index in [1.165, 1.54) is 22.3 Å². The smallest absolute Gasteiger partial charge is 0.123 e. The van der Waals surface area contributed by atoms with E-state index in [0.717, 1.165) is 53.7 Å². The predicted molar refractivity (Wildman–Crippen MR) is 119 cm³/mol. The zero-order valence-corrected chi connectivity index (χ0v) is 17.5. The summed E-state index contributed by atoms with van der Waals surface area (Å²) in [6, 6.07) is 17.8. The molecule has 1 N–H and O–H groups in total. The first-order valence-corrected chi connectivity index (χ1v) is 10.4. The van der Waals surface area contributed by atoms with Gasteiger partial charge < -0.3 is 9.84 Å². The highest BCUT2D eigenvalue weighted by Crippen LogP contribution is 2.35. The number of aryl methyl sites for hydroxylation is 3. The van der Waals surface area contributed by atoms with Crippen LogP contribution in [0, 0.1) is 12.7 Å². The number of hydrogen-bond acceptors (Lipinski definition) is 2. The van der Waals surface area contributed by atoms with Gasteiger partial charge in [-0.2, -0.15) is 0 Å². The van der Waals surface area contributed by atoms with Crippen LogP contribution in [-0.2, 0) is 32.3 Å². The van der Waals surface area contributed by atoms with Gasteiger partial charge in [-0.1, -0.05) is 42.0 Å². The molecule has 0 saturated heterocycles. The minimum absolute atomic E-state index is 0.0210. The minimum Gasteiger partial charge on any atom is -0.497 e. The number of aliphatic hydroxyl groups excluding tert-OH is 1. The molecular weight excluding hydrogens is 375 g/mol. The summed E-state index contributed by atoms with van der Waals surface area (Å²) >= 11 is 0. The van der Waals surface area contributed by atoms with Gasteiger partial charge in [-0.15, -0.1) is 0 Å². The van der Waals surface area contributed by atoms with Crippen LogP contribution in [0.3, 0.4) is 0 Å². The largest absolute Gasteiger partial charge is 0.497 e. The summed E-state index contributed by atoms with van der Waals surface area (Å²) in [5.74, 6) is 0.584. The molecule has 1 aliphatic rings. The number of allylic oxidation sites excluding steroid dienone is 2. The molecule has 0 aromatic heterocycles. The van der Waals surface area contributed by atoms with E-state index in [-0.39, 0.29) is 12.4 Å². The number of benzene rings is 3. The van der Waals surface area contributed by atoms with Gasteiger partial charge >= 0.3 is 0 Å². The molecule has 2 nitrogen and oxygen atoms in total. The Morgan fingerprint density at radius 3 is 2.43 bits per heavy atom. The number of rotatable bonds is 7. The highest BCUT2D eigenvalue weighted by molar-refractivity contribution is 5.77. The average molecular weight is 403 g/mol. The number of ether oxygens (including phenoxy) is 1. The van der Waals surface area contributed by atoms with E-state index >= 15 is 0 Å². The van der Waals surface area contributed by atoms with E-state index < -0.39 is 0 Å². The van der Waals surface area contributed by atoms with Crippen LogP contribution in [0.25, 0.3) is 5.57 Å². The van der Waals surface area contributed by atoms with Gasteiger partial charge in [0.25, 0.3) is 0 Å². The van der Waals surface area contributed by atoms with Gasteiger partial charge in [0.2, 0.25) is 0 Å². The SMILES string of the molecule is COc1cc(CO)cc(CC2=CCc3cc(F)cc(CCc4ccc(C)cc4)c32)c1. The van der Waals surface area contributed by atoms with Crippen molar-refractivity contribution in [2.45, 2.75) is 39.2 Å². The van der Waals surface area contributed by atoms with Gasteiger partial charge in [-0.05, 0) is 95.8 Å². The molecule has 0 spiro atoms. The molecule has 0 heterocycles. The number of halogens is 1. The molecule has 3 heteroatoms. The van der Waals surface area contributed by atoms with E-state index in [9.17, 15) is 9.50 Å². The highest BCUT2D eigenvalue weighted by atomic mass is 19.1. The van der Waals surface area contributed by atoms with Gasteiger partial charge in [0.15, 0.2) is 0 Å². The van der Waals surface area contributed by atoms with Crippen molar-refractivity contribution in [3.63, 3.8) is 0 Å². The van der Waals surface area contributed by atoms with Crippen LogP contribution in [0.1, 0.15) is 38.9 Å². The molecular formula is C27H27FO2. The number of aliphatic hydroxyl groups is 1. The van der Waals surface area contributed by atoms with Crippen LogP contribution in [0.2, 0.25) is 0 Å². The van der Waals surface area contributed by atoms with Crippen LogP contribution in [0.15, 0.2) is 60.7 Å². The molecule has 0 bridgehead atoms. The third-order valence-electron chi connectivity index (χ3n) is 5.80. The summed E-state index contributed by atoms with van der Waals surface area (Å²) in [5, 5.41) is 9.56. The van der Waals surface area contributed by atoms with E-state index in [1.54, 1.807) is 19.2 Å². The topological polar surface area (TPSA) is 29.5 Å². The van der Waals surface area contributed by atoms with Crippen LogP contribution >= 0.6 is 0 Å². The maximum atomic E-state index is 14.3. The number of fused-ring (bicyclic) bond motifs is 1. The molecule has 154 valence electrons. The molecule has 30 heavy (non-hydrogen) atoms. The normalized spacial score (nSPS) is 12.6. The third kappa shape index (κ3) is 4.47. The molecule has 0 radical (unpaired) electrons. The highest BCUT2D eigenvalue weighted by Gasteiger charge is 2.20. The Hall–Kier alpha value is -2.91. The van der Waals surface area contributed by atoms with Gasteiger partial charge in [0, 0.05) is 0 Å². The van der Waals surface area contributed by atoms with Crippen LogP contribution < -0.4 is 4.74 Å².